The lowest BCUT2D eigenvalue weighted by molar-refractivity contribution is 0.719. The molecule has 0 heterocycles. The van der Waals surface area contributed by atoms with Gasteiger partial charge in [-0.15, -0.1) is 6.58 Å². The van der Waals surface area contributed by atoms with E-state index in [1.54, 1.807) is 0 Å². The average molecular weight is 244 g/mol. The molecule has 0 spiro atoms. The first kappa shape index (κ1) is 12.4. The van der Waals surface area contributed by atoms with Crippen molar-refractivity contribution >= 4 is 28.9 Å². The molecule has 15 heavy (non-hydrogen) atoms. The van der Waals surface area contributed by atoms with E-state index in [1.165, 1.54) is 0 Å². The highest BCUT2D eigenvalue weighted by atomic mass is 35.5. The normalized spacial score (nSPS) is 12.2. The Kier molecular flexibility index (Phi) is 5.00. The monoisotopic (exact) mass is 243 g/mol. The van der Waals surface area contributed by atoms with Crippen LogP contribution in [0.3, 0.4) is 0 Å². The summed E-state index contributed by atoms with van der Waals surface area (Å²) in [6.45, 7) is 5.80. The van der Waals surface area contributed by atoms with Crippen LogP contribution < -0.4 is 5.32 Å². The Morgan fingerprint density at radius 3 is 2.53 bits per heavy atom. The van der Waals surface area contributed by atoms with Gasteiger partial charge in [-0.05, 0) is 31.9 Å². The van der Waals surface area contributed by atoms with Crippen molar-refractivity contribution in [2.75, 3.05) is 5.32 Å². The maximum absolute atomic E-state index is 6.04. The van der Waals surface area contributed by atoms with Gasteiger partial charge in [0.2, 0.25) is 0 Å². The van der Waals surface area contributed by atoms with Gasteiger partial charge in [-0.25, -0.2) is 0 Å². The largest absolute Gasteiger partial charge is 0.380 e. The molecule has 1 atom stereocenters. The molecule has 1 nitrogen and oxygen atoms in total. The van der Waals surface area contributed by atoms with Gasteiger partial charge in [0.25, 0.3) is 0 Å². The second kappa shape index (κ2) is 6.04. The molecule has 0 fully saturated rings. The van der Waals surface area contributed by atoms with Gasteiger partial charge in [-0.3, -0.25) is 0 Å². The maximum Gasteiger partial charge on any atom is 0.0720 e. The van der Waals surface area contributed by atoms with Crippen molar-refractivity contribution in [2.24, 2.45) is 0 Å². The predicted octanol–water partition coefficient (Wildman–Crippen LogP) is 4.76. The van der Waals surface area contributed by atoms with Gasteiger partial charge in [0.15, 0.2) is 0 Å². The minimum Gasteiger partial charge on any atom is -0.380 e. The first-order valence-corrected chi connectivity index (χ1v) is 5.72. The van der Waals surface area contributed by atoms with Crippen LogP contribution in [0.5, 0.6) is 0 Å². The minimum atomic E-state index is 0.334. The SMILES string of the molecule is C=CCCC(C)Nc1c(Cl)cccc1Cl. The molecule has 1 rings (SSSR count). The summed E-state index contributed by atoms with van der Waals surface area (Å²) in [5, 5.41) is 4.62. The van der Waals surface area contributed by atoms with Crippen LogP contribution >= 0.6 is 23.2 Å². The summed E-state index contributed by atoms with van der Waals surface area (Å²) in [6.07, 6.45) is 3.91. The number of nitrogens with one attached hydrogen (secondary N) is 1. The highest BCUT2D eigenvalue weighted by molar-refractivity contribution is 6.39. The van der Waals surface area contributed by atoms with Crippen LogP contribution in [0.4, 0.5) is 5.69 Å². The van der Waals surface area contributed by atoms with E-state index in [2.05, 4.69) is 18.8 Å². The molecular formula is C12H15Cl2N. The number of hydrogen-bond donors (Lipinski definition) is 1. The van der Waals surface area contributed by atoms with Crippen molar-refractivity contribution in [1.82, 2.24) is 0 Å². The maximum atomic E-state index is 6.04. The van der Waals surface area contributed by atoms with Crippen molar-refractivity contribution in [2.45, 2.75) is 25.8 Å². The standard InChI is InChI=1S/C12H15Cl2N/c1-3-4-6-9(2)15-12-10(13)7-5-8-11(12)14/h3,5,7-9,15H,1,4,6H2,2H3. The van der Waals surface area contributed by atoms with E-state index in [9.17, 15) is 0 Å². The van der Waals surface area contributed by atoms with Gasteiger partial charge in [0.1, 0.15) is 0 Å². The molecule has 0 radical (unpaired) electrons. The molecule has 3 heteroatoms. The fourth-order valence-corrected chi connectivity index (χ4v) is 1.83. The highest BCUT2D eigenvalue weighted by Crippen LogP contribution is 2.30. The van der Waals surface area contributed by atoms with Gasteiger partial charge in [0.05, 0.1) is 15.7 Å². The summed E-state index contributed by atoms with van der Waals surface area (Å²) in [4.78, 5) is 0. The fourth-order valence-electron chi connectivity index (χ4n) is 1.32. The van der Waals surface area contributed by atoms with Crippen LogP contribution in [0.2, 0.25) is 10.0 Å². The molecule has 0 saturated heterocycles. The van der Waals surface area contributed by atoms with E-state index in [0.717, 1.165) is 18.5 Å². The van der Waals surface area contributed by atoms with Crippen LogP contribution in [0.25, 0.3) is 0 Å². The quantitative estimate of drug-likeness (QED) is 0.736. The molecule has 0 aliphatic rings. The molecule has 1 aromatic rings. The lowest BCUT2D eigenvalue weighted by Gasteiger charge is -2.16. The van der Waals surface area contributed by atoms with Gasteiger partial charge < -0.3 is 5.32 Å². The van der Waals surface area contributed by atoms with Gasteiger partial charge >= 0.3 is 0 Å². The van der Waals surface area contributed by atoms with Crippen LogP contribution in [0, 0.1) is 0 Å². The van der Waals surface area contributed by atoms with Crippen molar-refractivity contribution in [3.63, 3.8) is 0 Å². The zero-order valence-electron chi connectivity index (χ0n) is 8.76. The third-order valence-corrected chi connectivity index (χ3v) is 2.79. The number of para-hydroxylation sites is 1. The van der Waals surface area contributed by atoms with Crippen molar-refractivity contribution in [3.8, 4) is 0 Å². The van der Waals surface area contributed by atoms with Crippen molar-refractivity contribution in [1.29, 1.82) is 0 Å². The summed E-state index contributed by atoms with van der Waals surface area (Å²) in [5.74, 6) is 0. The fraction of sp³-hybridized carbons (Fsp3) is 0.333. The van der Waals surface area contributed by atoms with Crippen LogP contribution in [0.1, 0.15) is 19.8 Å². The topological polar surface area (TPSA) is 12.0 Å². The van der Waals surface area contributed by atoms with E-state index in [0.29, 0.717) is 16.1 Å². The molecule has 0 bridgehead atoms. The van der Waals surface area contributed by atoms with E-state index in [1.807, 2.05) is 24.3 Å². The third-order valence-electron chi connectivity index (χ3n) is 2.16. The van der Waals surface area contributed by atoms with Gasteiger partial charge in [0, 0.05) is 6.04 Å². The summed E-state index contributed by atoms with van der Waals surface area (Å²) in [6, 6.07) is 5.83. The Morgan fingerprint density at radius 2 is 2.00 bits per heavy atom. The first-order chi connectivity index (χ1) is 7.15. The second-order valence-electron chi connectivity index (χ2n) is 3.51. The van der Waals surface area contributed by atoms with Crippen LogP contribution in [-0.4, -0.2) is 6.04 Å². The lowest BCUT2D eigenvalue weighted by atomic mass is 10.1. The third kappa shape index (κ3) is 3.77. The molecule has 0 aliphatic carbocycles. The first-order valence-electron chi connectivity index (χ1n) is 4.96. The average Bonchev–Trinajstić information content (AvgIpc) is 2.21. The summed E-state index contributed by atoms with van der Waals surface area (Å²) >= 11 is 12.1. The van der Waals surface area contributed by atoms with E-state index in [-0.39, 0.29) is 0 Å². The number of halogens is 2. The highest BCUT2D eigenvalue weighted by Gasteiger charge is 2.07. The zero-order chi connectivity index (χ0) is 11.3. The molecule has 0 aromatic heterocycles. The van der Waals surface area contributed by atoms with Gasteiger partial charge in [-0.1, -0.05) is 35.3 Å². The molecule has 0 amide bonds. The smallest absolute Gasteiger partial charge is 0.0720 e. The zero-order valence-corrected chi connectivity index (χ0v) is 10.3. The molecular weight excluding hydrogens is 229 g/mol. The lowest BCUT2D eigenvalue weighted by Crippen LogP contribution is -2.15. The summed E-state index contributed by atoms with van der Waals surface area (Å²) < 4.78 is 0. The molecule has 1 unspecified atom stereocenters. The second-order valence-corrected chi connectivity index (χ2v) is 4.32. The Balaban J connectivity index is 2.67. The predicted molar refractivity (Wildman–Crippen MR) is 69.0 cm³/mol. The van der Waals surface area contributed by atoms with Crippen molar-refractivity contribution < 1.29 is 0 Å². The Hall–Kier alpha value is -0.660. The molecule has 82 valence electrons. The van der Waals surface area contributed by atoms with Crippen LogP contribution in [0.15, 0.2) is 30.9 Å². The van der Waals surface area contributed by atoms with Crippen LogP contribution in [-0.2, 0) is 0 Å². The minimum absolute atomic E-state index is 0.334. The van der Waals surface area contributed by atoms with E-state index < -0.39 is 0 Å². The van der Waals surface area contributed by atoms with Crippen molar-refractivity contribution in [3.05, 3.63) is 40.9 Å². The van der Waals surface area contributed by atoms with E-state index in [4.69, 9.17) is 23.2 Å². The Labute approximate surface area is 101 Å². The van der Waals surface area contributed by atoms with Gasteiger partial charge in [-0.2, -0.15) is 0 Å². The number of allylic oxidation sites excluding steroid dienone is 1. The number of benzene rings is 1. The van der Waals surface area contributed by atoms with E-state index >= 15 is 0 Å². The number of rotatable bonds is 5. The summed E-state index contributed by atoms with van der Waals surface area (Å²) in [5.41, 5.74) is 0.817. The Morgan fingerprint density at radius 1 is 1.40 bits per heavy atom. The molecule has 1 N–H and O–H groups in total. The molecule has 0 aliphatic heterocycles. The summed E-state index contributed by atoms with van der Waals surface area (Å²) in [7, 11) is 0. The Bertz CT molecular complexity index is 316. The number of anilines is 1. The molecule has 0 saturated carbocycles. The number of hydrogen-bond acceptors (Lipinski definition) is 1. The molecule has 1 aromatic carbocycles.